The van der Waals surface area contributed by atoms with Crippen LogP contribution in [0.25, 0.3) is 0 Å². The third kappa shape index (κ3) is 1.79. The fraction of sp³-hybridized carbons (Fsp3) is 1.00. The lowest BCUT2D eigenvalue weighted by Crippen LogP contribution is -2.58. The minimum atomic E-state index is -0.838. The zero-order valence-electron chi connectivity index (χ0n) is 14.1. The Morgan fingerprint density at radius 2 is 1.73 bits per heavy atom. The highest BCUT2D eigenvalue weighted by Gasteiger charge is 2.67. The molecule has 0 saturated heterocycles. The number of fused-ring (bicyclic) bond motifs is 3. The number of aliphatic hydroxyl groups is 3. The Morgan fingerprint density at radius 1 is 0.955 bits per heavy atom. The van der Waals surface area contributed by atoms with E-state index < -0.39 is 11.2 Å². The van der Waals surface area contributed by atoms with Crippen LogP contribution in [0.1, 0.15) is 71.6 Å². The van der Waals surface area contributed by atoms with E-state index >= 15 is 0 Å². The molecule has 4 saturated carbocycles. The van der Waals surface area contributed by atoms with Crippen LogP contribution in [0, 0.1) is 28.6 Å². The second-order valence-electron chi connectivity index (χ2n) is 9.64. The van der Waals surface area contributed by atoms with Gasteiger partial charge in [-0.05, 0) is 86.9 Å². The van der Waals surface area contributed by atoms with E-state index in [9.17, 15) is 15.3 Å². The van der Waals surface area contributed by atoms with Crippen LogP contribution in [0.3, 0.4) is 0 Å². The quantitative estimate of drug-likeness (QED) is 0.698. The Kier molecular flexibility index (Phi) is 3.14. The molecule has 0 heterocycles. The molecule has 1 spiro atoms. The molecule has 4 aliphatic rings. The van der Waals surface area contributed by atoms with Crippen molar-refractivity contribution >= 4 is 0 Å². The highest BCUT2D eigenvalue weighted by molar-refractivity contribution is 5.17. The Morgan fingerprint density at radius 3 is 2.45 bits per heavy atom. The van der Waals surface area contributed by atoms with Gasteiger partial charge < -0.3 is 15.3 Å². The first-order chi connectivity index (χ1) is 10.3. The molecule has 7 atom stereocenters. The SMILES string of the molecule is C[C@@]12CCC[C@@](C)(O)C1CCC13C[C@H](CCC12)[C@](O)(CO)C3. The Hall–Kier alpha value is -0.120. The first-order valence-corrected chi connectivity index (χ1v) is 9.31. The van der Waals surface area contributed by atoms with E-state index in [2.05, 4.69) is 13.8 Å². The van der Waals surface area contributed by atoms with Gasteiger partial charge in [0, 0.05) is 0 Å². The van der Waals surface area contributed by atoms with E-state index in [1.807, 2.05) is 0 Å². The molecule has 4 rings (SSSR count). The van der Waals surface area contributed by atoms with Crippen molar-refractivity contribution in [2.24, 2.45) is 28.6 Å². The topological polar surface area (TPSA) is 60.7 Å². The molecular weight excluding hydrogens is 276 g/mol. The number of rotatable bonds is 1. The Labute approximate surface area is 134 Å². The molecule has 0 aromatic carbocycles. The summed E-state index contributed by atoms with van der Waals surface area (Å²) in [7, 11) is 0. The largest absolute Gasteiger partial charge is 0.393 e. The van der Waals surface area contributed by atoms with Crippen LogP contribution in [0.2, 0.25) is 0 Å². The molecule has 4 fully saturated rings. The smallest absolute Gasteiger partial charge is 0.0910 e. The molecule has 22 heavy (non-hydrogen) atoms. The molecule has 0 aromatic heterocycles. The van der Waals surface area contributed by atoms with Crippen molar-refractivity contribution < 1.29 is 15.3 Å². The monoisotopic (exact) mass is 308 g/mol. The average Bonchev–Trinajstić information content (AvgIpc) is 2.65. The van der Waals surface area contributed by atoms with Crippen LogP contribution in [0.5, 0.6) is 0 Å². The molecule has 2 bridgehead atoms. The molecule has 0 aromatic rings. The summed E-state index contributed by atoms with van der Waals surface area (Å²) in [6.45, 7) is 4.40. The van der Waals surface area contributed by atoms with Crippen molar-refractivity contribution in [2.45, 2.75) is 82.8 Å². The van der Waals surface area contributed by atoms with Gasteiger partial charge in [-0.25, -0.2) is 0 Å². The van der Waals surface area contributed by atoms with Gasteiger partial charge >= 0.3 is 0 Å². The van der Waals surface area contributed by atoms with Gasteiger partial charge in [-0.2, -0.15) is 0 Å². The van der Waals surface area contributed by atoms with Gasteiger partial charge in [0.15, 0.2) is 0 Å². The van der Waals surface area contributed by atoms with Crippen molar-refractivity contribution in [3.63, 3.8) is 0 Å². The predicted octanol–water partition coefficient (Wildman–Crippen LogP) is 2.87. The Bertz CT molecular complexity index is 475. The highest BCUT2D eigenvalue weighted by Crippen LogP contribution is 2.71. The lowest BCUT2D eigenvalue weighted by Gasteiger charge is -2.63. The number of aliphatic hydroxyl groups excluding tert-OH is 1. The lowest BCUT2D eigenvalue weighted by atomic mass is 9.43. The summed E-state index contributed by atoms with van der Waals surface area (Å²) >= 11 is 0. The molecule has 4 aliphatic carbocycles. The minimum Gasteiger partial charge on any atom is -0.393 e. The third-order valence-corrected chi connectivity index (χ3v) is 8.56. The summed E-state index contributed by atoms with van der Waals surface area (Å²) in [5.74, 6) is 1.31. The van der Waals surface area contributed by atoms with Crippen LogP contribution in [0.4, 0.5) is 0 Å². The van der Waals surface area contributed by atoms with E-state index in [1.165, 1.54) is 12.8 Å². The van der Waals surface area contributed by atoms with Gasteiger partial charge in [-0.15, -0.1) is 0 Å². The van der Waals surface area contributed by atoms with Gasteiger partial charge in [0.1, 0.15) is 0 Å². The molecule has 3 nitrogen and oxygen atoms in total. The lowest BCUT2D eigenvalue weighted by molar-refractivity contribution is -0.180. The van der Waals surface area contributed by atoms with Crippen molar-refractivity contribution in [3.05, 3.63) is 0 Å². The standard InChI is InChI=1S/C19H32O3/c1-16-7-3-8-17(2,21)14(16)6-9-18-10-13(4-5-15(16)18)19(22,11-18)12-20/h13-15,20-22H,3-12H2,1-2H3/t13-,14?,15?,16+,17+,18?,19+/m0/s1. The zero-order valence-corrected chi connectivity index (χ0v) is 14.1. The molecule has 0 aliphatic heterocycles. The van der Waals surface area contributed by atoms with E-state index in [4.69, 9.17) is 0 Å². The second-order valence-corrected chi connectivity index (χ2v) is 9.64. The first kappa shape index (κ1) is 15.4. The maximum absolute atomic E-state index is 11.0. The molecule has 126 valence electrons. The Balaban J connectivity index is 1.72. The summed E-state index contributed by atoms with van der Waals surface area (Å²) in [5, 5.41) is 31.6. The van der Waals surface area contributed by atoms with Crippen LogP contribution in [-0.4, -0.2) is 33.1 Å². The number of hydrogen-bond donors (Lipinski definition) is 3. The van der Waals surface area contributed by atoms with Crippen molar-refractivity contribution in [3.8, 4) is 0 Å². The number of hydrogen-bond acceptors (Lipinski definition) is 3. The maximum atomic E-state index is 11.0. The van der Waals surface area contributed by atoms with Crippen LogP contribution >= 0.6 is 0 Å². The maximum Gasteiger partial charge on any atom is 0.0910 e. The fourth-order valence-corrected chi connectivity index (χ4v) is 7.77. The molecule has 0 radical (unpaired) electrons. The molecule has 0 amide bonds. The highest BCUT2D eigenvalue weighted by atomic mass is 16.3. The van der Waals surface area contributed by atoms with Crippen LogP contribution in [-0.2, 0) is 0 Å². The first-order valence-electron chi connectivity index (χ1n) is 9.31. The predicted molar refractivity (Wildman–Crippen MR) is 85.2 cm³/mol. The summed E-state index contributed by atoms with van der Waals surface area (Å²) in [5.41, 5.74) is -0.919. The zero-order chi connectivity index (χ0) is 15.8. The fourth-order valence-electron chi connectivity index (χ4n) is 7.77. The van der Waals surface area contributed by atoms with E-state index in [0.29, 0.717) is 11.8 Å². The molecular formula is C19H32O3. The summed E-state index contributed by atoms with van der Waals surface area (Å²) < 4.78 is 0. The minimum absolute atomic E-state index is 0.0794. The third-order valence-electron chi connectivity index (χ3n) is 8.56. The van der Waals surface area contributed by atoms with Crippen molar-refractivity contribution in [1.29, 1.82) is 0 Å². The average molecular weight is 308 g/mol. The van der Waals surface area contributed by atoms with E-state index in [1.54, 1.807) is 0 Å². The van der Waals surface area contributed by atoms with Crippen LogP contribution < -0.4 is 0 Å². The molecule has 3 N–H and O–H groups in total. The van der Waals surface area contributed by atoms with Crippen molar-refractivity contribution in [2.75, 3.05) is 6.61 Å². The summed E-state index contributed by atoms with van der Waals surface area (Å²) in [4.78, 5) is 0. The summed E-state index contributed by atoms with van der Waals surface area (Å²) in [6.07, 6.45) is 9.62. The molecule has 3 heteroatoms. The van der Waals surface area contributed by atoms with E-state index in [-0.39, 0.29) is 23.4 Å². The van der Waals surface area contributed by atoms with Gasteiger partial charge in [0.2, 0.25) is 0 Å². The normalized spacial score (nSPS) is 60.7. The van der Waals surface area contributed by atoms with E-state index in [0.717, 1.165) is 44.9 Å². The van der Waals surface area contributed by atoms with Gasteiger partial charge in [0.25, 0.3) is 0 Å². The van der Waals surface area contributed by atoms with Crippen molar-refractivity contribution in [1.82, 2.24) is 0 Å². The second kappa shape index (κ2) is 4.49. The molecule has 3 unspecified atom stereocenters. The summed E-state index contributed by atoms with van der Waals surface area (Å²) in [6, 6.07) is 0. The van der Waals surface area contributed by atoms with Gasteiger partial charge in [-0.1, -0.05) is 13.3 Å². The van der Waals surface area contributed by atoms with Crippen LogP contribution in [0.15, 0.2) is 0 Å². The van der Waals surface area contributed by atoms with Gasteiger partial charge in [0.05, 0.1) is 17.8 Å². The van der Waals surface area contributed by atoms with Gasteiger partial charge in [-0.3, -0.25) is 0 Å².